The zero-order valence-corrected chi connectivity index (χ0v) is 11.7. The summed E-state index contributed by atoms with van der Waals surface area (Å²) < 4.78 is 1.69. The minimum Gasteiger partial charge on any atom is -0.365 e. The van der Waals surface area contributed by atoms with Gasteiger partial charge in [0.15, 0.2) is 5.82 Å². The number of aromatic amines is 1. The van der Waals surface area contributed by atoms with E-state index in [1.54, 1.807) is 11.0 Å². The average molecular weight is 281 g/mol. The van der Waals surface area contributed by atoms with Crippen LogP contribution in [0.4, 0.5) is 5.69 Å². The fourth-order valence-corrected chi connectivity index (χ4v) is 2.80. The molecule has 1 aliphatic heterocycles. The second-order valence-electron chi connectivity index (χ2n) is 5.20. The van der Waals surface area contributed by atoms with Crippen LogP contribution < -0.4 is 4.90 Å². The van der Waals surface area contributed by atoms with Crippen molar-refractivity contribution in [3.63, 3.8) is 0 Å². The summed E-state index contributed by atoms with van der Waals surface area (Å²) in [5, 5.41) is 11.7. The molecular formula is C14H15N7. The minimum atomic E-state index is 0.782. The minimum absolute atomic E-state index is 0.782. The molecule has 2 aromatic heterocycles. The van der Waals surface area contributed by atoms with Gasteiger partial charge in [-0.1, -0.05) is 12.1 Å². The lowest BCUT2D eigenvalue weighted by Gasteiger charge is -2.18. The SMILES string of the molecule is Cn1nnnc1-c1ccc2c(c1)N(Cc1c[nH]cn1)CC2. The molecule has 0 amide bonds. The molecule has 3 aromatic rings. The number of benzene rings is 1. The maximum Gasteiger partial charge on any atom is 0.181 e. The Bertz CT molecular complexity index is 759. The number of anilines is 1. The highest BCUT2D eigenvalue weighted by atomic mass is 15.5. The lowest BCUT2D eigenvalue weighted by atomic mass is 10.1. The van der Waals surface area contributed by atoms with E-state index >= 15 is 0 Å². The molecule has 1 aliphatic rings. The van der Waals surface area contributed by atoms with Gasteiger partial charge >= 0.3 is 0 Å². The number of rotatable bonds is 3. The number of aromatic nitrogens is 6. The maximum absolute atomic E-state index is 4.31. The van der Waals surface area contributed by atoms with E-state index in [0.29, 0.717) is 0 Å². The van der Waals surface area contributed by atoms with E-state index in [2.05, 4.69) is 48.6 Å². The molecule has 0 unspecified atom stereocenters. The quantitative estimate of drug-likeness (QED) is 0.779. The average Bonchev–Trinajstić information content (AvgIpc) is 3.21. The van der Waals surface area contributed by atoms with E-state index < -0.39 is 0 Å². The van der Waals surface area contributed by atoms with Crippen molar-refractivity contribution in [2.75, 3.05) is 11.4 Å². The summed E-state index contributed by atoms with van der Waals surface area (Å²) in [4.78, 5) is 9.65. The zero-order valence-electron chi connectivity index (χ0n) is 11.7. The molecule has 0 saturated carbocycles. The number of nitrogens with zero attached hydrogens (tertiary/aromatic N) is 6. The number of tetrazole rings is 1. The van der Waals surface area contributed by atoms with Gasteiger partial charge in [-0.3, -0.25) is 0 Å². The molecule has 0 spiro atoms. The summed E-state index contributed by atoms with van der Waals surface area (Å²) in [6.45, 7) is 1.83. The van der Waals surface area contributed by atoms with Crippen LogP contribution in [0.5, 0.6) is 0 Å². The Kier molecular flexibility index (Phi) is 2.70. The van der Waals surface area contributed by atoms with Crippen molar-refractivity contribution in [2.45, 2.75) is 13.0 Å². The van der Waals surface area contributed by atoms with Gasteiger partial charge in [-0.25, -0.2) is 9.67 Å². The van der Waals surface area contributed by atoms with Crippen molar-refractivity contribution >= 4 is 5.69 Å². The highest BCUT2D eigenvalue weighted by Gasteiger charge is 2.21. The zero-order chi connectivity index (χ0) is 14.2. The van der Waals surface area contributed by atoms with Crippen LogP contribution in [0, 0.1) is 0 Å². The topological polar surface area (TPSA) is 75.5 Å². The van der Waals surface area contributed by atoms with Gasteiger partial charge in [0.25, 0.3) is 0 Å². The van der Waals surface area contributed by atoms with E-state index in [4.69, 9.17) is 0 Å². The summed E-state index contributed by atoms with van der Waals surface area (Å²) in [7, 11) is 1.85. The van der Waals surface area contributed by atoms with Crippen molar-refractivity contribution < 1.29 is 0 Å². The Labute approximate surface area is 121 Å². The Morgan fingerprint density at radius 2 is 2.29 bits per heavy atom. The van der Waals surface area contributed by atoms with Gasteiger partial charge in [0.2, 0.25) is 0 Å². The second-order valence-corrected chi connectivity index (χ2v) is 5.20. The van der Waals surface area contributed by atoms with Gasteiger partial charge in [0.1, 0.15) is 0 Å². The lowest BCUT2D eigenvalue weighted by Crippen LogP contribution is -2.19. The molecule has 0 fully saturated rings. The first kappa shape index (κ1) is 12.1. The lowest BCUT2D eigenvalue weighted by molar-refractivity contribution is 0.714. The number of hydrogen-bond donors (Lipinski definition) is 1. The Morgan fingerprint density at radius 3 is 3.05 bits per heavy atom. The first-order valence-electron chi connectivity index (χ1n) is 6.89. The van der Waals surface area contributed by atoms with Gasteiger partial charge in [-0.05, 0) is 28.5 Å². The van der Waals surface area contributed by atoms with Crippen LogP contribution in [0.15, 0.2) is 30.7 Å². The largest absolute Gasteiger partial charge is 0.365 e. The van der Waals surface area contributed by atoms with Crippen molar-refractivity contribution in [3.05, 3.63) is 42.0 Å². The van der Waals surface area contributed by atoms with Crippen LogP contribution >= 0.6 is 0 Å². The first-order valence-corrected chi connectivity index (χ1v) is 6.89. The highest BCUT2D eigenvalue weighted by molar-refractivity contribution is 5.68. The van der Waals surface area contributed by atoms with Crippen molar-refractivity contribution in [3.8, 4) is 11.4 Å². The molecule has 0 saturated heterocycles. The fraction of sp³-hybridized carbons (Fsp3) is 0.286. The van der Waals surface area contributed by atoms with Crippen LogP contribution in [0.3, 0.4) is 0 Å². The number of hydrogen-bond acceptors (Lipinski definition) is 5. The number of H-pyrrole nitrogens is 1. The fourth-order valence-electron chi connectivity index (χ4n) is 2.80. The third-order valence-electron chi connectivity index (χ3n) is 3.86. The second kappa shape index (κ2) is 4.69. The van der Waals surface area contributed by atoms with Crippen molar-refractivity contribution in [2.24, 2.45) is 7.05 Å². The van der Waals surface area contributed by atoms with Gasteiger partial charge in [-0.2, -0.15) is 0 Å². The number of fused-ring (bicyclic) bond motifs is 1. The summed E-state index contributed by atoms with van der Waals surface area (Å²) >= 11 is 0. The third-order valence-corrected chi connectivity index (χ3v) is 3.86. The summed E-state index contributed by atoms with van der Waals surface area (Å²) in [5.74, 6) is 0.782. The molecule has 3 heterocycles. The van der Waals surface area contributed by atoms with Gasteiger partial charge in [0, 0.05) is 31.0 Å². The highest BCUT2D eigenvalue weighted by Crippen LogP contribution is 2.32. The summed E-state index contributed by atoms with van der Waals surface area (Å²) in [5.41, 5.74) is 4.70. The Balaban J connectivity index is 1.69. The number of nitrogens with one attached hydrogen (secondary N) is 1. The molecule has 0 atom stereocenters. The van der Waals surface area contributed by atoms with Crippen LogP contribution in [0.1, 0.15) is 11.3 Å². The molecule has 106 valence electrons. The van der Waals surface area contributed by atoms with Crippen LogP contribution in [-0.2, 0) is 20.0 Å². The van der Waals surface area contributed by atoms with E-state index in [9.17, 15) is 0 Å². The molecular weight excluding hydrogens is 266 g/mol. The Morgan fingerprint density at radius 1 is 1.33 bits per heavy atom. The molecule has 7 heteroatoms. The molecule has 21 heavy (non-hydrogen) atoms. The molecule has 0 bridgehead atoms. The van der Waals surface area contributed by atoms with E-state index in [1.165, 1.54) is 11.3 Å². The van der Waals surface area contributed by atoms with Crippen molar-refractivity contribution in [1.82, 2.24) is 30.2 Å². The smallest absolute Gasteiger partial charge is 0.181 e. The van der Waals surface area contributed by atoms with Crippen molar-refractivity contribution in [1.29, 1.82) is 0 Å². The van der Waals surface area contributed by atoms with Gasteiger partial charge in [-0.15, -0.1) is 5.10 Å². The van der Waals surface area contributed by atoms with Crippen LogP contribution in [0.2, 0.25) is 0 Å². The Hall–Kier alpha value is -2.70. The molecule has 0 aliphatic carbocycles. The molecule has 7 nitrogen and oxygen atoms in total. The molecule has 1 aromatic carbocycles. The van der Waals surface area contributed by atoms with Gasteiger partial charge in [0.05, 0.1) is 18.6 Å². The van der Waals surface area contributed by atoms with E-state index in [1.807, 2.05) is 13.2 Å². The third kappa shape index (κ3) is 2.06. The van der Waals surface area contributed by atoms with Crippen LogP contribution in [0.25, 0.3) is 11.4 Å². The van der Waals surface area contributed by atoms with E-state index in [-0.39, 0.29) is 0 Å². The van der Waals surface area contributed by atoms with Gasteiger partial charge < -0.3 is 9.88 Å². The maximum atomic E-state index is 4.31. The molecule has 0 radical (unpaired) electrons. The monoisotopic (exact) mass is 281 g/mol. The summed E-state index contributed by atoms with van der Waals surface area (Å²) in [6.07, 6.45) is 4.72. The number of aryl methyl sites for hydroxylation is 1. The summed E-state index contributed by atoms with van der Waals surface area (Å²) in [6, 6.07) is 6.42. The first-order chi connectivity index (χ1) is 10.3. The standard InChI is InChI=1S/C14H15N7/c1-20-14(17-18-19-20)11-3-2-10-4-5-21(13(10)6-11)8-12-7-15-9-16-12/h2-3,6-7,9H,4-5,8H2,1H3,(H,15,16). The normalized spacial score (nSPS) is 13.7. The molecule has 1 N–H and O–H groups in total. The predicted octanol–water partition coefficient (Wildman–Crippen LogP) is 1.16. The number of imidazole rings is 1. The van der Waals surface area contributed by atoms with E-state index in [0.717, 1.165) is 36.6 Å². The predicted molar refractivity (Wildman–Crippen MR) is 77.6 cm³/mol. The van der Waals surface area contributed by atoms with Crippen LogP contribution in [-0.4, -0.2) is 36.7 Å². The molecule has 4 rings (SSSR count).